The summed E-state index contributed by atoms with van der Waals surface area (Å²) in [6.07, 6.45) is -5.67. The number of rotatable bonds is 7. The van der Waals surface area contributed by atoms with E-state index in [4.69, 9.17) is 28.4 Å². The maximum Gasteiger partial charge on any atom is 0.303 e. The third kappa shape index (κ3) is 8.91. The van der Waals surface area contributed by atoms with E-state index in [0.29, 0.717) is 16.9 Å². The highest BCUT2D eigenvalue weighted by molar-refractivity contribution is 6.83. The second-order valence-electron chi connectivity index (χ2n) is 9.58. The zero-order valence-corrected chi connectivity index (χ0v) is 23.4. The van der Waals surface area contributed by atoms with E-state index < -0.39 is 62.5 Å². The minimum absolute atomic E-state index is 0.299. The van der Waals surface area contributed by atoms with Crippen LogP contribution >= 0.6 is 0 Å². The van der Waals surface area contributed by atoms with Crippen molar-refractivity contribution in [3.05, 3.63) is 29.3 Å². The fraction of sp³-hybridized carbons (Fsp3) is 0.538. The van der Waals surface area contributed by atoms with Crippen molar-refractivity contribution in [3.63, 3.8) is 0 Å². The van der Waals surface area contributed by atoms with Gasteiger partial charge in [0, 0.05) is 27.7 Å². The van der Waals surface area contributed by atoms with E-state index in [9.17, 15) is 19.2 Å². The summed E-state index contributed by atoms with van der Waals surface area (Å²) >= 11 is 0. The van der Waals surface area contributed by atoms with Gasteiger partial charge in [-0.1, -0.05) is 31.6 Å². The number of esters is 4. The first kappa shape index (κ1) is 29.9. The summed E-state index contributed by atoms with van der Waals surface area (Å²) in [5.41, 5.74) is 4.42. The van der Waals surface area contributed by atoms with E-state index in [0.717, 1.165) is 0 Å². The summed E-state index contributed by atoms with van der Waals surface area (Å²) in [4.78, 5) is 47.6. The minimum atomic E-state index is -1.73. The lowest BCUT2D eigenvalue weighted by Crippen LogP contribution is -2.59. The van der Waals surface area contributed by atoms with E-state index in [1.807, 2.05) is 0 Å². The smallest absolute Gasteiger partial charge is 0.303 e. The van der Waals surface area contributed by atoms with Crippen LogP contribution < -0.4 is 4.74 Å². The first-order valence-corrected chi connectivity index (χ1v) is 15.2. The van der Waals surface area contributed by atoms with Crippen molar-refractivity contribution >= 4 is 32.0 Å². The van der Waals surface area contributed by atoms with Gasteiger partial charge in [0.25, 0.3) is 0 Å². The highest BCUT2D eigenvalue weighted by Crippen LogP contribution is 2.38. The topological polar surface area (TPSA) is 124 Å². The van der Waals surface area contributed by atoms with Crippen LogP contribution in [0.5, 0.6) is 5.75 Å². The van der Waals surface area contributed by atoms with Gasteiger partial charge in [-0.25, -0.2) is 0 Å². The molecule has 1 fully saturated rings. The molecule has 11 heteroatoms. The molecule has 0 bridgehead atoms. The van der Waals surface area contributed by atoms with E-state index in [1.165, 1.54) is 34.8 Å². The fourth-order valence-corrected chi connectivity index (χ4v) is 4.26. The number of methoxy groups -OCH3 is 1. The Hall–Kier alpha value is -3.36. The van der Waals surface area contributed by atoms with E-state index in [-0.39, 0.29) is 6.61 Å². The Morgan fingerprint density at radius 1 is 0.865 bits per heavy atom. The summed E-state index contributed by atoms with van der Waals surface area (Å²) in [7, 11) is -0.196. The number of ether oxygens (including phenoxy) is 6. The highest BCUT2D eigenvalue weighted by Gasteiger charge is 2.52. The SMILES string of the molecule is COc1ccc([C@H]2O[C@H](COC(C)=O)[C@@H](OC(C)=O)[C@@H](OC(C)=O)[C@@H]2OC(C)=O)cc1C#C[Si](C)(C)C. The van der Waals surface area contributed by atoms with Crippen molar-refractivity contribution in [1.29, 1.82) is 0 Å². The van der Waals surface area contributed by atoms with E-state index in [2.05, 4.69) is 31.1 Å². The van der Waals surface area contributed by atoms with Crippen LogP contribution in [0.4, 0.5) is 0 Å². The summed E-state index contributed by atoms with van der Waals surface area (Å²) in [5, 5.41) is 0. The van der Waals surface area contributed by atoms with Gasteiger partial charge in [0.15, 0.2) is 18.3 Å². The quantitative estimate of drug-likeness (QED) is 0.223. The number of hydrogen-bond donors (Lipinski definition) is 0. The Balaban J connectivity index is 2.67. The summed E-state index contributed by atoms with van der Waals surface area (Å²) in [5.74, 6) is 1.08. The van der Waals surface area contributed by atoms with Gasteiger partial charge in [-0.05, 0) is 17.7 Å². The van der Waals surface area contributed by atoms with Gasteiger partial charge in [0.05, 0.1) is 12.7 Å². The Morgan fingerprint density at radius 2 is 1.43 bits per heavy atom. The van der Waals surface area contributed by atoms with Crippen molar-refractivity contribution in [2.75, 3.05) is 13.7 Å². The number of carbonyl (C=O) groups is 4. The first-order valence-electron chi connectivity index (χ1n) is 11.7. The van der Waals surface area contributed by atoms with Gasteiger partial charge in [-0.3, -0.25) is 19.2 Å². The predicted octanol–water partition coefficient (Wildman–Crippen LogP) is 2.72. The molecule has 1 saturated heterocycles. The van der Waals surface area contributed by atoms with Crippen LogP contribution in [0.15, 0.2) is 18.2 Å². The maximum absolute atomic E-state index is 12.1. The second-order valence-corrected chi connectivity index (χ2v) is 14.3. The zero-order chi connectivity index (χ0) is 27.9. The Labute approximate surface area is 217 Å². The molecular weight excluding hydrogens is 500 g/mol. The molecule has 1 aliphatic rings. The van der Waals surface area contributed by atoms with Gasteiger partial charge in [0.2, 0.25) is 0 Å². The molecule has 0 amide bonds. The Bertz CT molecular complexity index is 1080. The van der Waals surface area contributed by atoms with Crippen LogP contribution in [0.1, 0.15) is 44.9 Å². The average molecular weight is 535 g/mol. The molecule has 202 valence electrons. The highest BCUT2D eigenvalue weighted by atomic mass is 28.3. The average Bonchev–Trinajstić information content (AvgIpc) is 2.77. The lowest BCUT2D eigenvalue weighted by atomic mass is 9.89. The monoisotopic (exact) mass is 534 g/mol. The molecule has 0 saturated carbocycles. The molecule has 37 heavy (non-hydrogen) atoms. The molecule has 5 atom stereocenters. The van der Waals surface area contributed by atoms with Gasteiger partial charge in [-0.2, -0.15) is 0 Å². The normalized spacial score (nSPS) is 23.1. The molecule has 0 aromatic heterocycles. The van der Waals surface area contributed by atoms with Crippen LogP contribution in [-0.4, -0.2) is 70.1 Å². The van der Waals surface area contributed by atoms with E-state index in [1.54, 1.807) is 18.2 Å². The molecule has 0 radical (unpaired) electrons. The van der Waals surface area contributed by atoms with Crippen LogP contribution in [-0.2, 0) is 42.9 Å². The molecule has 2 rings (SSSR count). The predicted molar refractivity (Wildman–Crippen MR) is 134 cm³/mol. The number of benzene rings is 1. The van der Waals surface area contributed by atoms with Gasteiger partial charge in [-0.15, -0.1) is 5.54 Å². The van der Waals surface area contributed by atoms with Gasteiger partial charge >= 0.3 is 23.9 Å². The second kappa shape index (κ2) is 12.7. The van der Waals surface area contributed by atoms with Gasteiger partial charge in [0.1, 0.15) is 32.6 Å². The molecule has 0 N–H and O–H groups in total. The van der Waals surface area contributed by atoms with Crippen molar-refractivity contribution in [2.24, 2.45) is 0 Å². The minimum Gasteiger partial charge on any atom is -0.495 e. The molecule has 0 spiro atoms. The molecule has 10 nitrogen and oxygen atoms in total. The van der Waals surface area contributed by atoms with Crippen molar-refractivity contribution < 1.29 is 47.6 Å². The lowest BCUT2D eigenvalue weighted by molar-refractivity contribution is -0.254. The number of hydrogen-bond acceptors (Lipinski definition) is 10. The summed E-state index contributed by atoms with van der Waals surface area (Å²) in [6.45, 7) is 10.8. The summed E-state index contributed by atoms with van der Waals surface area (Å²) < 4.78 is 33.3. The van der Waals surface area contributed by atoms with Crippen molar-refractivity contribution in [2.45, 2.75) is 77.9 Å². The number of carbonyl (C=O) groups excluding carboxylic acids is 4. The van der Waals surface area contributed by atoms with Crippen molar-refractivity contribution in [3.8, 4) is 17.2 Å². The standard InChI is InChI=1S/C26H34O10Si/c1-15(27)32-14-22-24(33-16(2)28)26(35-18(4)30)25(34-17(3)29)23(36-22)20-9-10-21(31-5)19(13-20)11-12-37(6,7)8/h9-10,13,22-26H,14H2,1-8H3/t22-,23-,24-,25-,26-/m1/s1. The lowest BCUT2D eigenvalue weighted by Gasteiger charge is -2.44. The third-order valence-corrected chi connectivity index (χ3v) is 5.99. The molecule has 0 aliphatic carbocycles. The summed E-state index contributed by atoms with van der Waals surface area (Å²) in [6, 6.07) is 5.16. The van der Waals surface area contributed by atoms with Crippen LogP contribution in [0, 0.1) is 11.5 Å². The maximum atomic E-state index is 12.1. The van der Waals surface area contributed by atoms with Crippen molar-refractivity contribution in [1.82, 2.24) is 0 Å². The van der Waals surface area contributed by atoms with Crippen LogP contribution in [0.25, 0.3) is 0 Å². The zero-order valence-electron chi connectivity index (χ0n) is 22.4. The molecule has 1 aromatic rings. The molecule has 1 heterocycles. The molecular formula is C26H34O10Si. The van der Waals surface area contributed by atoms with E-state index >= 15 is 0 Å². The molecule has 1 aliphatic heterocycles. The largest absolute Gasteiger partial charge is 0.495 e. The molecule has 0 unspecified atom stereocenters. The van der Waals surface area contributed by atoms with Gasteiger partial charge < -0.3 is 28.4 Å². The Morgan fingerprint density at radius 3 is 1.95 bits per heavy atom. The fourth-order valence-electron chi connectivity index (χ4n) is 3.75. The van der Waals surface area contributed by atoms with Crippen LogP contribution in [0.3, 0.4) is 0 Å². The first-order chi connectivity index (χ1) is 17.2. The van der Waals surface area contributed by atoms with Crippen LogP contribution in [0.2, 0.25) is 19.6 Å². The Kier molecular flexibility index (Phi) is 10.3. The molecule has 1 aromatic carbocycles. The third-order valence-electron chi connectivity index (χ3n) is 5.12.